The fourth-order valence-corrected chi connectivity index (χ4v) is 0.848. The zero-order chi connectivity index (χ0) is 8.97. The molecule has 1 aromatic heterocycles. The number of ether oxygens (including phenoxy) is 1. The largest absolute Gasteiger partial charge is 0.465 e. The summed E-state index contributed by atoms with van der Waals surface area (Å²) in [5, 5.41) is 0. The van der Waals surface area contributed by atoms with E-state index in [1.54, 1.807) is 17.8 Å². The standard InChI is InChI=1S/C8H11N2O2/c1-3-12-8(11)5-10-6-9-4-7(10)2/h6H,3,5H2,1-2H3. The Bertz CT molecular complexity index is 268. The second kappa shape index (κ2) is 3.90. The van der Waals surface area contributed by atoms with E-state index in [4.69, 9.17) is 4.74 Å². The molecule has 0 unspecified atom stereocenters. The summed E-state index contributed by atoms with van der Waals surface area (Å²) in [5.74, 6) is -0.244. The van der Waals surface area contributed by atoms with Crippen LogP contribution < -0.4 is 0 Å². The SMILES string of the molecule is CCOC(=O)Cn1cn[c]c1C. The number of imidazole rings is 1. The number of carbonyl (C=O) groups is 1. The van der Waals surface area contributed by atoms with Crippen LogP contribution in [0.5, 0.6) is 0 Å². The van der Waals surface area contributed by atoms with E-state index in [2.05, 4.69) is 11.2 Å². The number of aryl methyl sites for hydroxylation is 1. The quantitative estimate of drug-likeness (QED) is 0.618. The minimum absolute atomic E-state index is 0.218. The molecular weight excluding hydrogens is 156 g/mol. The van der Waals surface area contributed by atoms with Crippen LogP contribution in [0, 0.1) is 13.1 Å². The fourth-order valence-electron chi connectivity index (χ4n) is 0.848. The van der Waals surface area contributed by atoms with Gasteiger partial charge in [-0.3, -0.25) is 4.79 Å². The number of hydrogen-bond acceptors (Lipinski definition) is 3. The molecule has 0 fully saturated rings. The van der Waals surface area contributed by atoms with Gasteiger partial charge in [-0.25, -0.2) is 4.98 Å². The normalized spacial score (nSPS) is 9.83. The fraction of sp³-hybridized carbons (Fsp3) is 0.500. The lowest BCUT2D eigenvalue weighted by atomic mass is 10.5. The van der Waals surface area contributed by atoms with E-state index in [1.807, 2.05) is 6.92 Å². The maximum atomic E-state index is 11.0. The number of carbonyl (C=O) groups excluding carboxylic acids is 1. The van der Waals surface area contributed by atoms with Gasteiger partial charge in [0.15, 0.2) is 0 Å². The maximum absolute atomic E-state index is 11.0. The Hall–Kier alpha value is -1.32. The summed E-state index contributed by atoms with van der Waals surface area (Å²) in [6.45, 7) is 4.25. The average molecular weight is 167 g/mol. The predicted octanol–water partition coefficient (Wildman–Crippen LogP) is 0.555. The van der Waals surface area contributed by atoms with Crippen molar-refractivity contribution in [3.05, 3.63) is 18.2 Å². The molecule has 0 bridgehead atoms. The average Bonchev–Trinajstić information content (AvgIpc) is 2.37. The van der Waals surface area contributed by atoms with Gasteiger partial charge >= 0.3 is 5.97 Å². The van der Waals surface area contributed by atoms with Gasteiger partial charge in [0.05, 0.1) is 12.9 Å². The highest BCUT2D eigenvalue weighted by atomic mass is 16.5. The van der Waals surface area contributed by atoms with E-state index in [0.717, 1.165) is 5.69 Å². The topological polar surface area (TPSA) is 44.1 Å². The third-order valence-corrected chi connectivity index (χ3v) is 1.46. The van der Waals surface area contributed by atoms with Crippen molar-refractivity contribution in [3.8, 4) is 0 Å². The van der Waals surface area contributed by atoms with Gasteiger partial charge in [-0.05, 0) is 13.8 Å². The first-order chi connectivity index (χ1) is 5.74. The molecule has 0 aliphatic carbocycles. The monoisotopic (exact) mass is 167 g/mol. The molecule has 4 heteroatoms. The summed E-state index contributed by atoms with van der Waals surface area (Å²) in [6, 6.07) is 0. The van der Waals surface area contributed by atoms with Gasteiger partial charge in [-0.15, -0.1) is 0 Å². The van der Waals surface area contributed by atoms with Crippen LogP contribution in [-0.2, 0) is 16.1 Å². The molecular formula is C8H11N2O2. The van der Waals surface area contributed by atoms with E-state index >= 15 is 0 Å². The minimum atomic E-state index is -0.244. The summed E-state index contributed by atoms with van der Waals surface area (Å²) in [6.07, 6.45) is 4.28. The molecule has 4 nitrogen and oxygen atoms in total. The molecule has 0 aromatic carbocycles. The number of rotatable bonds is 3. The first-order valence-electron chi connectivity index (χ1n) is 3.79. The van der Waals surface area contributed by atoms with Gasteiger partial charge in [0.1, 0.15) is 12.7 Å². The van der Waals surface area contributed by atoms with Gasteiger partial charge in [0.2, 0.25) is 0 Å². The first-order valence-corrected chi connectivity index (χ1v) is 3.79. The van der Waals surface area contributed by atoms with Crippen LogP contribution in [0.3, 0.4) is 0 Å². The van der Waals surface area contributed by atoms with Crippen molar-refractivity contribution in [3.63, 3.8) is 0 Å². The second-order valence-electron chi connectivity index (χ2n) is 2.37. The number of aromatic nitrogens is 2. The molecule has 0 saturated heterocycles. The number of nitrogens with zero attached hydrogens (tertiary/aromatic N) is 2. The molecule has 0 N–H and O–H groups in total. The Kier molecular flexibility index (Phi) is 2.85. The smallest absolute Gasteiger partial charge is 0.325 e. The highest BCUT2D eigenvalue weighted by molar-refractivity contribution is 5.69. The van der Waals surface area contributed by atoms with Crippen molar-refractivity contribution in [2.24, 2.45) is 0 Å². The third-order valence-electron chi connectivity index (χ3n) is 1.46. The van der Waals surface area contributed by atoms with Crippen LogP contribution in [0.15, 0.2) is 6.33 Å². The summed E-state index contributed by atoms with van der Waals surface area (Å²) in [5.41, 5.74) is 0.836. The van der Waals surface area contributed by atoms with Gasteiger partial charge in [0, 0.05) is 5.69 Å². The van der Waals surface area contributed by atoms with Crippen molar-refractivity contribution >= 4 is 5.97 Å². The van der Waals surface area contributed by atoms with E-state index < -0.39 is 0 Å². The van der Waals surface area contributed by atoms with Crippen LogP contribution in [0.2, 0.25) is 0 Å². The highest BCUT2D eigenvalue weighted by Gasteiger charge is 2.04. The molecule has 0 spiro atoms. The zero-order valence-electron chi connectivity index (χ0n) is 7.20. The molecule has 1 radical (unpaired) electrons. The van der Waals surface area contributed by atoms with Crippen molar-refractivity contribution in [1.82, 2.24) is 9.55 Å². The first kappa shape index (κ1) is 8.77. The lowest BCUT2D eigenvalue weighted by molar-refractivity contribution is -0.143. The molecule has 1 heterocycles. The predicted molar refractivity (Wildman–Crippen MR) is 42.4 cm³/mol. The van der Waals surface area contributed by atoms with Gasteiger partial charge in [-0.2, -0.15) is 0 Å². The molecule has 1 rings (SSSR count). The summed E-state index contributed by atoms with van der Waals surface area (Å²) >= 11 is 0. The van der Waals surface area contributed by atoms with E-state index in [1.165, 1.54) is 0 Å². The number of hydrogen-bond donors (Lipinski definition) is 0. The van der Waals surface area contributed by atoms with Crippen LogP contribution >= 0.6 is 0 Å². The Morgan fingerprint density at radius 2 is 2.58 bits per heavy atom. The van der Waals surface area contributed by atoms with E-state index in [9.17, 15) is 4.79 Å². The lowest BCUT2D eigenvalue weighted by Gasteiger charge is -2.03. The van der Waals surface area contributed by atoms with Crippen molar-refractivity contribution in [1.29, 1.82) is 0 Å². The Labute approximate surface area is 71.2 Å². The van der Waals surface area contributed by atoms with Crippen molar-refractivity contribution in [2.45, 2.75) is 20.4 Å². The Morgan fingerprint density at radius 3 is 3.08 bits per heavy atom. The van der Waals surface area contributed by atoms with Crippen LogP contribution in [-0.4, -0.2) is 22.1 Å². The van der Waals surface area contributed by atoms with Gasteiger partial charge < -0.3 is 9.30 Å². The summed E-state index contributed by atoms with van der Waals surface area (Å²) in [7, 11) is 0. The van der Waals surface area contributed by atoms with Crippen LogP contribution in [0.25, 0.3) is 0 Å². The van der Waals surface area contributed by atoms with Gasteiger partial charge in [-0.1, -0.05) is 0 Å². The molecule has 12 heavy (non-hydrogen) atoms. The minimum Gasteiger partial charge on any atom is -0.465 e. The molecule has 0 saturated carbocycles. The summed E-state index contributed by atoms with van der Waals surface area (Å²) in [4.78, 5) is 14.7. The van der Waals surface area contributed by atoms with E-state index in [0.29, 0.717) is 6.61 Å². The second-order valence-corrected chi connectivity index (χ2v) is 2.37. The summed E-state index contributed by atoms with van der Waals surface area (Å²) < 4.78 is 6.46. The molecule has 65 valence electrons. The third kappa shape index (κ3) is 2.08. The zero-order valence-corrected chi connectivity index (χ0v) is 7.20. The lowest BCUT2D eigenvalue weighted by Crippen LogP contribution is -2.13. The van der Waals surface area contributed by atoms with Crippen molar-refractivity contribution in [2.75, 3.05) is 6.61 Å². The highest BCUT2D eigenvalue weighted by Crippen LogP contribution is 1.95. The Balaban J connectivity index is 2.52. The Morgan fingerprint density at radius 1 is 1.83 bits per heavy atom. The maximum Gasteiger partial charge on any atom is 0.325 e. The van der Waals surface area contributed by atoms with Gasteiger partial charge in [0.25, 0.3) is 0 Å². The number of esters is 1. The molecule has 0 aliphatic heterocycles. The molecule has 0 atom stereocenters. The van der Waals surface area contributed by atoms with Crippen LogP contribution in [0.4, 0.5) is 0 Å². The molecule has 0 aliphatic rings. The molecule has 0 amide bonds. The van der Waals surface area contributed by atoms with E-state index in [-0.39, 0.29) is 12.5 Å². The van der Waals surface area contributed by atoms with Crippen molar-refractivity contribution < 1.29 is 9.53 Å². The van der Waals surface area contributed by atoms with Crippen LogP contribution in [0.1, 0.15) is 12.6 Å². The molecule has 1 aromatic rings.